The van der Waals surface area contributed by atoms with Crippen LogP contribution in [-0.4, -0.2) is 30.1 Å². The third-order valence-corrected chi connectivity index (χ3v) is 3.65. The molecule has 18 heavy (non-hydrogen) atoms. The van der Waals surface area contributed by atoms with Crippen LogP contribution in [0.4, 0.5) is 8.78 Å². The highest BCUT2D eigenvalue weighted by Gasteiger charge is 2.36. The zero-order chi connectivity index (χ0) is 13.2. The maximum Gasteiger partial charge on any atom is 0.285 e. The first-order chi connectivity index (χ1) is 8.49. The highest BCUT2D eigenvalue weighted by atomic mass is 19.3. The zero-order valence-electron chi connectivity index (χ0n) is 10.7. The fraction of sp³-hybridized carbons (Fsp3) is 0.571. The number of hydrogen-bond donors (Lipinski definition) is 1. The highest BCUT2D eigenvalue weighted by Crippen LogP contribution is 2.31. The van der Waals surface area contributed by atoms with Gasteiger partial charge in [-0.2, -0.15) is 8.78 Å². The monoisotopic (exact) mass is 254 g/mol. The Labute approximate surface area is 107 Å². The van der Waals surface area contributed by atoms with Gasteiger partial charge in [0.15, 0.2) is 0 Å². The van der Waals surface area contributed by atoms with Crippen molar-refractivity contribution in [1.82, 2.24) is 4.90 Å². The molecular formula is C14H20F2N2. The number of benzene rings is 1. The summed E-state index contributed by atoms with van der Waals surface area (Å²) in [4.78, 5) is 1.84. The summed E-state index contributed by atoms with van der Waals surface area (Å²) in [5.41, 5.74) is 5.94. The van der Waals surface area contributed by atoms with E-state index in [4.69, 9.17) is 5.73 Å². The van der Waals surface area contributed by atoms with E-state index in [1.807, 2.05) is 11.8 Å². The summed E-state index contributed by atoms with van der Waals surface area (Å²) in [6.45, 7) is 2.41. The van der Waals surface area contributed by atoms with E-state index >= 15 is 0 Å². The fourth-order valence-corrected chi connectivity index (χ4v) is 2.52. The van der Waals surface area contributed by atoms with Crippen molar-refractivity contribution in [3.63, 3.8) is 0 Å². The van der Waals surface area contributed by atoms with Gasteiger partial charge in [0.2, 0.25) is 0 Å². The number of piperidine rings is 1. The molecular weight excluding hydrogens is 234 g/mol. The molecule has 2 unspecified atom stereocenters. The van der Waals surface area contributed by atoms with Crippen LogP contribution >= 0.6 is 0 Å². The molecule has 1 fully saturated rings. The van der Waals surface area contributed by atoms with E-state index in [1.54, 1.807) is 18.2 Å². The molecule has 100 valence electrons. The second-order valence-electron chi connectivity index (χ2n) is 5.17. The van der Waals surface area contributed by atoms with Crippen molar-refractivity contribution in [1.29, 1.82) is 0 Å². The molecule has 1 heterocycles. The van der Waals surface area contributed by atoms with Gasteiger partial charge in [0.05, 0.1) is 6.54 Å². The van der Waals surface area contributed by atoms with Gasteiger partial charge in [0.1, 0.15) is 0 Å². The van der Waals surface area contributed by atoms with Gasteiger partial charge in [0.25, 0.3) is 5.92 Å². The lowest BCUT2D eigenvalue weighted by Gasteiger charge is -2.38. The first-order valence-electron chi connectivity index (χ1n) is 6.42. The van der Waals surface area contributed by atoms with Gasteiger partial charge in [-0.25, -0.2) is 0 Å². The van der Waals surface area contributed by atoms with Gasteiger partial charge in [-0.15, -0.1) is 0 Å². The minimum Gasteiger partial charge on any atom is -0.328 e. The summed E-state index contributed by atoms with van der Waals surface area (Å²) < 4.78 is 28.3. The number of alkyl halides is 2. The minimum atomic E-state index is -2.79. The molecule has 0 radical (unpaired) electrons. The van der Waals surface area contributed by atoms with Crippen molar-refractivity contribution in [3.05, 3.63) is 35.9 Å². The summed E-state index contributed by atoms with van der Waals surface area (Å²) in [6.07, 6.45) is 1.60. The van der Waals surface area contributed by atoms with Gasteiger partial charge in [-0.3, -0.25) is 4.90 Å². The van der Waals surface area contributed by atoms with Crippen LogP contribution in [0.15, 0.2) is 30.3 Å². The van der Waals surface area contributed by atoms with Crippen molar-refractivity contribution < 1.29 is 8.78 Å². The van der Waals surface area contributed by atoms with Crippen LogP contribution in [0.3, 0.4) is 0 Å². The Kier molecular flexibility index (Phi) is 3.97. The van der Waals surface area contributed by atoms with Crippen LogP contribution in [0.5, 0.6) is 0 Å². The Morgan fingerprint density at radius 1 is 1.33 bits per heavy atom. The number of nitrogens with zero attached hydrogens (tertiary/aromatic N) is 1. The molecule has 2 atom stereocenters. The van der Waals surface area contributed by atoms with Crippen LogP contribution in [0.2, 0.25) is 0 Å². The number of likely N-dealkylation sites (tertiary alicyclic amines) is 1. The second-order valence-corrected chi connectivity index (χ2v) is 5.17. The van der Waals surface area contributed by atoms with Gasteiger partial charge in [-0.1, -0.05) is 30.3 Å². The Balaban J connectivity index is 2.04. The van der Waals surface area contributed by atoms with Crippen molar-refractivity contribution >= 4 is 0 Å². The molecule has 1 aliphatic rings. The van der Waals surface area contributed by atoms with Crippen LogP contribution < -0.4 is 5.73 Å². The minimum absolute atomic E-state index is 0.0899. The van der Waals surface area contributed by atoms with Gasteiger partial charge >= 0.3 is 0 Å². The number of rotatable bonds is 3. The molecule has 2 nitrogen and oxygen atoms in total. The van der Waals surface area contributed by atoms with Crippen molar-refractivity contribution in [2.24, 2.45) is 5.73 Å². The van der Waals surface area contributed by atoms with Gasteiger partial charge in [-0.05, 0) is 19.8 Å². The van der Waals surface area contributed by atoms with E-state index in [2.05, 4.69) is 0 Å². The van der Waals surface area contributed by atoms with Gasteiger partial charge in [0, 0.05) is 24.2 Å². The van der Waals surface area contributed by atoms with Crippen LogP contribution in [0.1, 0.15) is 25.3 Å². The van der Waals surface area contributed by atoms with Crippen LogP contribution in [0, 0.1) is 0 Å². The Morgan fingerprint density at radius 3 is 2.61 bits per heavy atom. The van der Waals surface area contributed by atoms with Crippen molar-refractivity contribution in [2.75, 3.05) is 13.1 Å². The molecule has 1 saturated heterocycles. The largest absolute Gasteiger partial charge is 0.328 e. The van der Waals surface area contributed by atoms with E-state index < -0.39 is 5.92 Å². The Bertz CT molecular complexity index is 381. The maximum atomic E-state index is 14.1. The van der Waals surface area contributed by atoms with E-state index in [0.717, 1.165) is 12.8 Å². The smallest absolute Gasteiger partial charge is 0.285 e. The number of hydrogen-bond acceptors (Lipinski definition) is 2. The highest BCUT2D eigenvalue weighted by molar-refractivity contribution is 5.20. The lowest BCUT2D eigenvalue weighted by atomic mass is 9.97. The molecule has 1 aromatic carbocycles. The first kappa shape index (κ1) is 13.4. The maximum absolute atomic E-state index is 14.1. The summed E-state index contributed by atoms with van der Waals surface area (Å²) in [5, 5.41) is 0. The molecule has 0 bridgehead atoms. The number of halogens is 2. The molecule has 2 N–H and O–H groups in total. The van der Waals surface area contributed by atoms with E-state index in [9.17, 15) is 8.78 Å². The van der Waals surface area contributed by atoms with Crippen LogP contribution in [-0.2, 0) is 5.92 Å². The molecule has 0 aromatic heterocycles. The van der Waals surface area contributed by atoms with E-state index in [-0.39, 0.29) is 24.2 Å². The molecule has 0 aliphatic carbocycles. The zero-order valence-corrected chi connectivity index (χ0v) is 10.7. The van der Waals surface area contributed by atoms with Crippen LogP contribution in [0.25, 0.3) is 0 Å². The van der Waals surface area contributed by atoms with E-state index in [1.165, 1.54) is 12.1 Å². The lowest BCUT2D eigenvalue weighted by Crippen LogP contribution is -2.49. The first-order valence-corrected chi connectivity index (χ1v) is 6.42. The summed E-state index contributed by atoms with van der Waals surface area (Å²) >= 11 is 0. The molecule has 1 aliphatic heterocycles. The third kappa shape index (κ3) is 3.06. The summed E-state index contributed by atoms with van der Waals surface area (Å²) in [7, 11) is 0. The molecule has 1 aromatic rings. The lowest BCUT2D eigenvalue weighted by molar-refractivity contribution is -0.0535. The predicted molar refractivity (Wildman–Crippen MR) is 68.6 cm³/mol. The molecule has 0 amide bonds. The predicted octanol–water partition coefficient (Wildman–Crippen LogP) is 2.59. The second kappa shape index (κ2) is 5.33. The Morgan fingerprint density at radius 2 is 2.00 bits per heavy atom. The standard InChI is InChI=1S/C14H20F2N2/c1-11-9-13(17)7-8-18(11)10-14(15,16)12-5-3-2-4-6-12/h2-6,11,13H,7-10,17H2,1H3. The molecule has 4 heteroatoms. The average molecular weight is 254 g/mol. The molecule has 0 spiro atoms. The van der Waals surface area contributed by atoms with Crippen molar-refractivity contribution in [3.8, 4) is 0 Å². The third-order valence-electron chi connectivity index (χ3n) is 3.65. The molecule has 0 saturated carbocycles. The molecule has 2 rings (SSSR count). The SMILES string of the molecule is CC1CC(N)CCN1CC(F)(F)c1ccccc1. The van der Waals surface area contributed by atoms with E-state index in [0.29, 0.717) is 6.54 Å². The average Bonchev–Trinajstić information content (AvgIpc) is 2.34. The summed E-state index contributed by atoms with van der Waals surface area (Å²) in [5.74, 6) is -2.79. The quantitative estimate of drug-likeness (QED) is 0.898. The summed E-state index contributed by atoms with van der Waals surface area (Å²) in [6, 6.07) is 8.31. The fourth-order valence-electron chi connectivity index (χ4n) is 2.52. The number of nitrogens with two attached hydrogens (primary N) is 1. The van der Waals surface area contributed by atoms with Crippen molar-refractivity contribution in [2.45, 2.75) is 37.8 Å². The Hall–Kier alpha value is -1.00. The van der Waals surface area contributed by atoms with Gasteiger partial charge < -0.3 is 5.73 Å². The topological polar surface area (TPSA) is 29.3 Å². The normalized spacial score (nSPS) is 26.2.